The number of hydrogen-bond acceptors (Lipinski definition) is 5. The molecule has 2 aliphatic heterocycles. The number of aromatic nitrogens is 2. The van der Waals surface area contributed by atoms with Crippen LogP contribution in [0.15, 0.2) is 18.3 Å². The molecule has 6 heteroatoms. The van der Waals surface area contributed by atoms with Gasteiger partial charge in [0.15, 0.2) is 0 Å². The van der Waals surface area contributed by atoms with Crippen LogP contribution in [0.4, 0.5) is 5.82 Å². The van der Waals surface area contributed by atoms with E-state index in [9.17, 15) is 4.79 Å². The molecular formula is C18H29N5O. The predicted octanol–water partition coefficient (Wildman–Crippen LogP) is 2.00. The Morgan fingerprint density at radius 2 is 1.92 bits per heavy atom. The largest absolute Gasteiger partial charge is 0.366 e. The van der Waals surface area contributed by atoms with Crippen molar-refractivity contribution in [2.45, 2.75) is 51.6 Å². The van der Waals surface area contributed by atoms with E-state index in [0.717, 1.165) is 44.8 Å². The Kier molecular flexibility index (Phi) is 5.66. The van der Waals surface area contributed by atoms with Crippen molar-refractivity contribution in [3.05, 3.63) is 18.3 Å². The first-order chi connectivity index (χ1) is 11.6. The van der Waals surface area contributed by atoms with Gasteiger partial charge in [-0.05, 0) is 56.8 Å². The summed E-state index contributed by atoms with van der Waals surface area (Å²) in [6.07, 6.45) is 6.05. The minimum atomic E-state index is 0.0528. The van der Waals surface area contributed by atoms with Gasteiger partial charge in [0.25, 0.3) is 0 Å². The van der Waals surface area contributed by atoms with Gasteiger partial charge in [-0.15, -0.1) is 5.10 Å². The number of amides is 1. The molecule has 3 rings (SSSR count). The maximum atomic E-state index is 13.0. The number of carbonyl (C=O) groups is 1. The number of hydrogen-bond donors (Lipinski definition) is 1. The minimum absolute atomic E-state index is 0.0528. The lowest BCUT2D eigenvalue weighted by molar-refractivity contribution is -0.139. The van der Waals surface area contributed by atoms with Crippen molar-refractivity contribution in [1.29, 1.82) is 0 Å². The van der Waals surface area contributed by atoms with Crippen LogP contribution in [0.2, 0.25) is 0 Å². The first kappa shape index (κ1) is 17.1. The fraction of sp³-hybridized carbons (Fsp3) is 0.722. The average molecular weight is 331 g/mol. The van der Waals surface area contributed by atoms with Gasteiger partial charge in [0.1, 0.15) is 5.82 Å². The second-order valence-corrected chi connectivity index (χ2v) is 7.28. The zero-order valence-electron chi connectivity index (χ0n) is 14.8. The summed E-state index contributed by atoms with van der Waals surface area (Å²) in [6, 6.07) is 4.25. The second kappa shape index (κ2) is 7.92. The fourth-order valence-corrected chi connectivity index (χ4v) is 3.90. The van der Waals surface area contributed by atoms with Crippen LogP contribution in [0.5, 0.6) is 0 Å². The van der Waals surface area contributed by atoms with Gasteiger partial charge >= 0.3 is 0 Å². The van der Waals surface area contributed by atoms with Gasteiger partial charge in [-0.25, -0.2) is 0 Å². The number of carbonyl (C=O) groups excluding carboxylic acids is 1. The van der Waals surface area contributed by atoms with Crippen LogP contribution in [0.25, 0.3) is 0 Å². The molecule has 0 radical (unpaired) electrons. The molecule has 1 N–H and O–H groups in total. The second-order valence-electron chi connectivity index (χ2n) is 7.28. The molecule has 1 atom stereocenters. The van der Waals surface area contributed by atoms with Crippen molar-refractivity contribution in [3.63, 3.8) is 0 Å². The first-order valence-corrected chi connectivity index (χ1v) is 9.22. The van der Waals surface area contributed by atoms with E-state index in [1.54, 1.807) is 6.20 Å². The van der Waals surface area contributed by atoms with Crippen LogP contribution in [-0.2, 0) is 4.79 Å². The number of anilines is 1. The third-order valence-corrected chi connectivity index (χ3v) is 5.15. The predicted molar refractivity (Wildman–Crippen MR) is 94.7 cm³/mol. The Morgan fingerprint density at radius 3 is 2.50 bits per heavy atom. The molecule has 2 aliphatic rings. The van der Waals surface area contributed by atoms with Gasteiger partial charge < -0.3 is 10.2 Å². The third kappa shape index (κ3) is 4.04. The van der Waals surface area contributed by atoms with E-state index in [0.29, 0.717) is 17.9 Å². The van der Waals surface area contributed by atoms with Crippen molar-refractivity contribution in [3.8, 4) is 0 Å². The van der Waals surface area contributed by atoms with Crippen molar-refractivity contribution in [1.82, 2.24) is 20.0 Å². The van der Waals surface area contributed by atoms with Gasteiger partial charge in [0.2, 0.25) is 5.91 Å². The lowest BCUT2D eigenvalue weighted by atomic mass is 9.98. The highest BCUT2D eigenvalue weighted by Gasteiger charge is 2.35. The van der Waals surface area contributed by atoms with E-state index in [-0.39, 0.29) is 6.04 Å². The molecule has 2 fully saturated rings. The maximum absolute atomic E-state index is 13.0. The molecule has 0 saturated carbocycles. The molecule has 132 valence electrons. The first-order valence-electron chi connectivity index (χ1n) is 9.22. The van der Waals surface area contributed by atoms with E-state index < -0.39 is 0 Å². The molecule has 0 aliphatic carbocycles. The molecule has 3 heterocycles. The molecule has 0 bridgehead atoms. The zero-order chi connectivity index (χ0) is 16.9. The summed E-state index contributed by atoms with van der Waals surface area (Å²) in [7, 11) is 0. The van der Waals surface area contributed by atoms with E-state index in [1.807, 2.05) is 12.1 Å². The van der Waals surface area contributed by atoms with Crippen LogP contribution >= 0.6 is 0 Å². The summed E-state index contributed by atoms with van der Waals surface area (Å²) in [6.45, 7) is 8.13. The molecule has 2 saturated heterocycles. The highest BCUT2D eigenvalue weighted by Crippen LogP contribution is 2.22. The van der Waals surface area contributed by atoms with Crippen molar-refractivity contribution < 1.29 is 4.79 Å². The smallest absolute Gasteiger partial charge is 0.240 e. The van der Waals surface area contributed by atoms with Gasteiger partial charge in [-0.3, -0.25) is 9.69 Å². The van der Waals surface area contributed by atoms with Gasteiger partial charge in [0.05, 0.1) is 6.04 Å². The van der Waals surface area contributed by atoms with Crippen molar-refractivity contribution >= 4 is 11.7 Å². The Labute approximate surface area is 144 Å². The number of rotatable bonds is 5. The van der Waals surface area contributed by atoms with E-state index in [4.69, 9.17) is 0 Å². The van der Waals surface area contributed by atoms with Gasteiger partial charge in [-0.1, -0.05) is 13.8 Å². The molecule has 24 heavy (non-hydrogen) atoms. The molecule has 0 unspecified atom stereocenters. The highest BCUT2D eigenvalue weighted by atomic mass is 16.2. The number of likely N-dealkylation sites (tertiary alicyclic amines) is 2. The summed E-state index contributed by atoms with van der Waals surface area (Å²) in [5.41, 5.74) is 0. The molecule has 1 aromatic heterocycles. The van der Waals surface area contributed by atoms with E-state index in [2.05, 4.69) is 39.2 Å². The van der Waals surface area contributed by atoms with Crippen LogP contribution < -0.4 is 5.32 Å². The lowest BCUT2D eigenvalue weighted by Gasteiger charge is -2.38. The average Bonchev–Trinajstić information content (AvgIpc) is 3.10. The summed E-state index contributed by atoms with van der Waals surface area (Å²) in [5, 5.41) is 11.4. The van der Waals surface area contributed by atoms with E-state index >= 15 is 0 Å². The third-order valence-electron chi connectivity index (χ3n) is 5.15. The molecule has 0 spiro atoms. The van der Waals surface area contributed by atoms with Crippen LogP contribution in [0, 0.1) is 5.92 Å². The Balaban J connectivity index is 1.54. The normalized spacial score (nSPS) is 21.2. The van der Waals surface area contributed by atoms with Crippen LogP contribution in [0.3, 0.4) is 0 Å². The zero-order valence-corrected chi connectivity index (χ0v) is 14.8. The summed E-state index contributed by atoms with van der Waals surface area (Å²) >= 11 is 0. The SMILES string of the molecule is CC(C)[C@H](C(=O)N1CCC(Nc2cccnn2)CC1)N1CCCC1. The molecular weight excluding hydrogens is 302 g/mol. The quantitative estimate of drug-likeness (QED) is 0.894. The monoisotopic (exact) mass is 331 g/mol. The van der Waals surface area contributed by atoms with Crippen molar-refractivity contribution in [2.24, 2.45) is 5.92 Å². The maximum Gasteiger partial charge on any atom is 0.240 e. The minimum Gasteiger partial charge on any atom is -0.366 e. The fourth-order valence-electron chi connectivity index (χ4n) is 3.90. The summed E-state index contributed by atoms with van der Waals surface area (Å²) in [4.78, 5) is 17.5. The van der Waals surface area contributed by atoms with Gasteiger partial charge in [0, 0.05) is 25.3 Å². The molecule has 1 amide bonds. The Hall–Kier alpha value is -1.69. The molecule has 1 aromatic rings. The highest BCUT2D eigenvalue weighted by molar-refractivity contribution is 5.82. The number of piperidine rings is 1. The Bertz CT molecular complexity index is 521. The molecule has 0 aromatic carbocycles. The Morgan fingerprint density at radius 1 is 1.21 bits per heavy atom. The van der Waals surface area contributed by atoms with Crippen molar-refractivity contribution in [2.75, 3.05) is 31.5 Å². The van der Waals surface area contributed by atoms with E-state index in [1.165, 1.54) is 12.8 Å². The molecule has 6 nitrogen and oxygen atoms in total. The standard InChI is InChI=1S/C18H29N5O/c1-14(2)17(22-10-3-4-11-22)18(24)23-12-7-15(8-13-23)20-16-6-5-9-19-21-16/h5-6,9,14-15,17H,3-4,7-8,10-13H2,1-2H3,(H,20,21)/t17-/m1/s1. The number of nitrogens with one attached hydrogen (secondary N) is 1. The summed E-state index contributed by atoms with van der Waals surface area (Å²) < 4.78 is 0. The number of nitrogens with zero attached hydrogens (tertiary/aromatic N) is 4. The lowest BCUT2D eigenvalue weighted by Crippen LogP contribution is -2.53. The van der Waals surface area contributed by atoms with Crippen LogP contribution in [0.1, 0.15) is 39.5 Å². The topological polar surface area (TPSA) is 61.4 Å². The summed E-state index contributed by atoms with van der Waals surface area (Å²) in [5.74, 6) is 1.51. The van der Waals surface area contributed by atoms with Crippen LogP contribution in [-0.4, -0.2) is 64.2 Å². The van der Waals surface area contributed by atoms with Gasteiger partial charge in [-0.2, -0.15) is 5.10 Å².